The molecular formula is C17H22N2O. The number of nitrogens with zero attached hydrogens (tertiary/aromatic N) is 1. The molecule has 3 nitrogen and oxygen atoms in total. The highest BCUT2D eigenvalue weighted by Crippen LogP contribution is 2.10. The monoisotopic (exact) mass is 270 g/mol. The zero-order valence-corrected chi connectivity index (χ0v) is 12.0. The van der Waals surface area contributed by atoms with Gasteiger partial charge in [0.15, 0.2) is 0 Å². The van der Waals surface area contributed by atoms with Crippen LogP contribution in [-0.4, -0.2) is 18.1 Å². The predicted octanol–water partition coefficient (Wildman–Crippen LogP) is 2.95. The van der Waals surface area contributed by atoms with Gasteiger partial charge in [0.25, 0.3) is 0 Å². The van der Waals surface area contributed by atoms with Crippen molar-refractivity contribution in [2.75, 3.05) is 13.2 Å². The zero-order chi connectivity index (χ0) is 14.0. The SMILES string of the molecule is CCOCc1ccccc1CNCCc1ccncc1. The number of nitrogens with one attached hydrogen (secondary N) is 1. The molecule has 0 fully saturated rings. The molecule has 1 N–H and O–H groups in total. The maximum atomic E-state index is 5.50. The predicted molar refractivity (Wildman–Crippen MR) is 81.4 cm³/mol. The first-order valence-corrected chi connectivity index (χ1v) is 7.14. The Morgan fingerprint density at radius 3 is 2.55 bits per heavy atom. The molecule has 1 heterocycles. The molecule has 3 heteroatoms. The molecule has 0 spiro atoms. The summed E-state index contributed by atoms with van der Waals surface area (Å²) in [6.45, 7) is 5.32. The molecule has 1 aromatic carbocycles. The molecule has 0 atom stereocenters. The van der Waals surface area contributed by atoms with Crippen molar-refractivity contribution in [3.05, 3.63) is 65.5 Å². The van der Waals surface area contributed by atoms with Crippen molar-refractivity contribution >= 4 is 0 Å². The van der Waals surface area contributed by atoms with Crippen molar-refractivity contribution in [2.24, 2.45) is 0 Å². The lowest BCUT2D eigenvalue weighted by atomic mass is 10.1. The molecule has 106 valence electrons. The van der Waals surface area contributed by atoms with Gasteiger partial charge in [0.2, 0.25) is 0 Å². The number of ether oxygens (including phenoxy) is 1. The summed E-state index contributed by atoms with van der Waals surface area (Å²) in [4.78, 5) is 4.03. The highest BCUT2D eigenvalue weighted by molar-refractivity contribution is 5.26. The number of aromatic nitrogens is 1. The average molecular weight is 270 g/mol. The van der Waals surface area contributed by atoms with Gasteiger partial charge in [-0.1, -0.05) is 24.3 Å². The topological polar surface area (TPSA) is 34.1 Å². The van der Waals surface area contributed by atoms with Gasteiger partial charge in [0, 0.05) is 25.5 Å². The Morgan fingerprint density at radius 1 is 1.05 bits per heavy atom. The van der Waals surface area contributed by atoms with Gasteiger partial charge in [-0.3, -0.25) is 4.98 Å². The van der Waals surface area contributed by atoms with Gasteiger partial charge in [-0.2, -0.15) is 0 Å². The van der Waals surface area contributed by atoms with Crippen LogP contribution in [0.25, 0.3) is 0 Å². The minimum Gasteiger partial charge on any atom is -0.377 e. The summed E-state index contributed by atoms with van der Waals surface area (Å²) in [5.74, 6) is 0. The van der Waals surface area contributed by atoms with Crippen LogP contribution >= 0.6 is 0 Å². The van der Waals surface area contributed by atoms with Crippen molar-refractivity contribution in [3.63, 3.8) is 0 Å². The number of hydrogen-bond acceptors (Lipinski definition) is 3. The van der Waals surface area contributed by atoms with Gasteiger partial charge < -0.3 is 10.1 Å². The number of hydrogen-bond donors (Lipinski definition) is 1. The van der Waals surface area contributed by atoms with Crippen LogP contribution in [0.1, 0.15) is 23.6 Å². The molecule has 0 amide bonds. The molecule has 0 saturated heterocycles. The van der Waals surface area contributed by atoms with E-state index in [2.05, 4.69) is 46.7 Å². The standard InChI is InChI=1S/C17H22N2O/c1-2-20-14-17-6-4-3-5-16(17)13-19-12-9-15-7-10-18-11-8-15/h3-8,10-11,19H,2,9,12-14H2,1H3. The fraction of sp³-hybridized carbons (Fsp3) is 0.353. The van der Waals surface area contributed by atoms with Crippen LogP contribution in [0, 0.1) is 0 Å². The van der Waals surface area contributed by atoms with Gasteiger partial charge in [-0.15, -0.1) is 0 Å². The Balaban J connectivity index is 1.79. The Morgan fingerprint density at radius 2 is 1.80 bits per heavy atom. The molecule has 0 aliphatic rings. The summed E-state index contributed by atoms with van der Waals surface area (Å²) in [6.07, 6.45) is 4.70. The van der Waals surface area contributed by atoms with Crippen LogP contribution < -0.4 is 5.32 Å². The fourth-order valence-corrected chi connectivity index (χ4v) is 2.09. The molecular weight excluding hydrogens is 248 g/mol. The summed E-state index contributed by atoms with van der Waals surface area (Å²) >= 11 is 0. The molecule has 1 aromatic heterocycles. The van der Waals surface area contributed by atoms with Crippen molar-refractivity contribution < 1.29 is 4.74 Å². The van der Waals surface area contributed by atoms with Gasteiger partial charge >= 0.3 is 0 Å². The van der Waals surface area contributed by atoms with Crippen molar-refractivity contribution in [1.29, 1.82) is 0 Å². The first-order chi connectivity index (χ1) is 9.90. The Bertz CT molecular complexity index is 499. The number of pyridine rings is 1. The minimum absolute atomic E-state index is 0.693. The molecule has 2 rings (SSSR count). The first kappa shape index (κ1) is 14.7. The Hall–Kier alpha value is -1.71. The summed E-state index contributed by atoms with van der Waals surface area (Å²) in [7, 11) is 0. The lowest BCUT2D eigenvalue weighted by Crippen LogP contribution is -2.17. The quantitative estimate of drug-likeness (QED) is 0.749. The maximum Gasteiger partial charge on any atom is 0.0719 e. The van der Waals surface area contributed by atoms with Gasteiger partial charge in [0.05, 0.1) is 6.61 Å². The molecule has 0 unspecified atom stereocenters. The third-order valence-corrected chi connectivity index (χ3v) is 3.24. The Labute approximate surface area is 121 Å². The van der Waals surface area contributed by atoms with Crippen LogP contribution in [0.3, 0.4) is 0 Å². The average Bonchev–Trinajstić information content (AvgIpc) is 2.51. The third kappa shape index (κ3) is 4.76. The van der Waals surface area contributed by atoms with Crippen LogP contribution in [-0.2, 0) is 24.3 Å². The lowest BCUT2D eigenvalue weighted by Gasteiger charge is -2.10. The van der Waals surface area contributed by atoms with E-state index in [1.165, 1.54) is 16.7 Å². The second-order valence-electron chi connectivity index (χ2n) is 4.69. The van der Waals surface area contributed by atoms with E-state index in [0.29, 0.717) is 6.61 Å². The van der Waals surface area contributed by atoms with E-state index < -0.39 is 0 Å². The van der Waals surface area contributed by atoms with E-state index in [4.69, 9.17) is 4.74 Å². The fourth-order valence-electron chi connectivity index (χ4n) is 2.09. The summed E-state index contributed by atoms with van der Waals surface area (Å²) < 4.78 is 5.50. The van der Waals surface area contributed by atoms with E-state index in [1.54, 1.807) is 0 Å². The minimum atomic E-state index is 0.693. The molecule has 0 radical (unpaired) electrons. The van der Waals surface area contributed by atoms with Gasteiger partial charge in [-0.05, 0) is 48.7 Å². The van der Waals surface area contributed by atoms with Crippen LogP contribution in [0.5, 0.6) is 0 Å². The van der Waals surface area contributed by atoms with E-state index in [9.17, 15) is 0 Å². The highest BCUT2D eigenvalue weighted by atomic mass is 16.5. The highest BCUT2D eigenvalue weighted by Gasteiger charge is 2.01. The van der Waals surface area contributed by atoms with E-state index in [1.807, 2.05) is 19.3 Å². The smallest absolute Gasteiger partial charge is 0.0719 e. The summed E-state index contributed by atoms with van der Waals surface area (Å²) in [5.41, 5.74) is 3.90. The number of rotatable bonds is 8. The second-order valence-corrected chi connectivity index (χ2v) is 4.69. The second kappa shape index (κ2) is 8.46. The van der Waals surface area contributed by atoms with E-state index in [0.717, 1.165) is 26.1 Å². The molecule has 0 aliphatic carbocycles. The van der Waals surface area contributed by atoms with Crippen LogP contribution in [0.4, 0.5) is 0 Å². The molecule has 0 bridgehead atoms. The normalized spacial score (nSPS) is 10.7. The Kier molecular flexibility index (Phi) is 6.21. The van der Waals surface area contributed by atoms with E-state index in [-0.39, 0.29) is 0 Å². The zero-order valence-electron chi connectivity index (χ0n) is 12.0. The van der Waals surface area contributed by atoms with Crippen LogP contribution in [0.2, 0.25) is 0 Å². The van der Waals surface area contributed by atoms with Crippen molar-refractivity contribution in [3.8, 4) is 0 Å². The van der Waals surface area contributed by atoms with Crippen molar-refractivity contribution in [1.82, 2.24) is 10.3 Å². The van der Waals surface area contributed by atoms with Crippen LogP contribution in [0.15, 0.2) is 48.8 Å². The van der Waals surface area contributed by atoms with Crippen molar-refractivity contribution in [2.45, 2.75) is 26.5 Å². The molecule has 20 heavy (non-hydrogen) atoms. The summed E-state index contributed by atoms with van der Waals surface area (Å²) in [5, 5.41) is 3.49. The van der Waals surface area contributed by atoms with E-state index >= 15 is 0 Å². The third-order valence-electron chi connectivity index (χ3n) is 3.24. The first-order valence-electron chi connectivity index (χ1n) is 7.14. The maximum absolute atomic E-state index is 5.50. The number of benzene rings is 1. The summed E-state index contributed by atoms with van der Waals surface area (Å²) in [6, 6.07) is 12.6. The molecule has 0 saturated carbocycles. The molecule has 0 aliphatic heterocycles. The van der Waals surface area contributed by atoms with Gasteiger partial charge in [0.1, 0.15) is 0 Å². The molecule has 2 aromatic rings. The lowest BCUT2D eigenvalue weighted by molar-refractivity contribution is 0.133. The largest absolute Gasteiger partial charge is 0.377 e. The van der Waals surface area contributed by atoms with Gasteiger partial charge in [-0.25, -0.2) is 0 Å².